The molecule has 20 heavy (non-hydrogen) atoms. The van der Waals surface area contributed by atoms with Gasteiger partial charge in [0.25, 0.3) is 0 Å². The van der Waals surface area contributed by atoms with Gasteiger partial charge in [-0.05, 0) is 33.2 Å². The van der Waals surface area contributed by atoms with Crippen molar-refractivity contribution in [3.8, 4) is 0 Å². The molecule has 110 valence electrons. The second-order valence-electron chi connectivity index (χ2n) is 5.81. The summed E-state index contributed by atoms with van der Waals surface area (Å²) in [6.45, 7) is 4.85. The Morgan fingerprint density at radius 2 is 2.15 bits per heavy atom. The lowest BCUT2D eigenvalue weighted by Gasteiger charge is -2.28. The van der Waals surface area contributed by atoms with E-state index in [0.29, 0.717) is 5.15 Å². The number of ether oxygens (including phenoxy) is 1. The number of hydrogen-bond acceptors (Lipinski definition) is 4. The highest BCUT2D eigenvalue weighted by molar-refractivity contribution is 6.30. The Morgan fingerprint density at radius 1 is 1.40 bits per heavy atom. The molecule has 0 aromatic carbocycles. The molecule has 3 atom stereocenters. The first-order valence-electron chi connectivity index (χ1n) is 7.14. The van der Waals surface area contributed by atoms with Gasteiger partial charge in [-0.3, -0.25) is 14.4 Å². The molecule has 3 rings (SSSR count). The van der Waals surface area contributed by atoms with Crippen LogP contribution < -0.4 is 0 Å². The van der Waals surface area contributed by atoms with Gasteiger partial charge in [-0.15, -0.1) is 0 Å². The molecule has 0 N–H and O–H groups in total. The summed E-state index contributed by atoms with van der Waals surface area (Å²) in [5.41, 5.74) is 2.02. The van der Waals surface area contributed by atoms with Crippen molar-refractivity contribution >= 4 is 17.6 Å². The van der Waals surface area contributed by atoms with Gasteiger partial charge in [-0.2, -0.15) is 5.10 Å². The summed E-state index contributed by atoms with van der Waals surface area (Å²) in [7, 11) is 1.85. The van der Waals surface area contributed by atoms with Crippen LogP contribution in [0.5, 0.6) is 0 Å². The number of hydrogen-bond donors (Lipinski definition) is 0. The molecular weight excluding hydrogens is 278 g/mol. The second kappa shape index (κ2) is 5.04. The van der Waals surface area contributed by atoms with Gasteiger partial charge in [0.05, 0.1) is 5.69 Å². The van der Waals surface area contributed by atoms with E-state index < -0.39 is 0 Å². The fraction of sp³-hybridized carbons (Fsp3) is 0.714. The fourth-order valence-corrected chi connectivity index (χ4v) is 3.80. The first-order valence-corrected chi connectivity index (χ1v) is 7.52. The quantitative estimate of drug-likeness (QED) is 0.785. The van der Waals surface area contributed by atoms with Gasteiger partial charge < -0.3 is 4.74 Å². The van der Waals surface area contributed by atoms with Crippen LogP contribution in [0, 0.1) is 6.92 Å². The number of cyclic esters (lactones) is 1. The van der Waals surface area contributed by atoms with Gasteiger partial charge in [0.15, 0.2) is 0 Å². The number of halogens is 1. The zero-order chi connectivity index (χ0) is 14.4. The number of carbonyl (C=O) groups excluding carboxylic acids is 1. The summed E-state index contributed by atoms with van der Waals surface area (Å²) < 4.78 is 7.01. The zero-order valence-corrected chi connectivity index (χ0v) is 12.9. The lowest BCUT2D eigenvalue weighted by Crippen LogP contribution is -2.38. The smallest absolute Gasteiger partial charge is 0.323 e. The van der Waals surface area contributed by atoms with Gasteiger partial charge in [-0.25, -0.2) is 0 Å². The van der Waals surface area contributed by atoms with E-state index in [4.69, 9.17) is 16.3 Å². The van der Waals surface area contributed by atoms with E-state index >= 15 is 0 Å². The molecular formula is C14H20ClN3O2. The number of aromatic nitrogens is 2. The van der Waals surface area contributed by atoms with Crippen LogP contribution in [-0.4, -0.2) is 39.3 Å². The predicted molar refractivity (Wildman–Crippen MR) is 75.6 cm³/mol. The maximum atomic E-state index is 12.0. The third-order valence-electron chi connectivity index (χ3n) is 4.37. The molecule has 2 aliphatic rings. The lowest BCUT2D eigenvalue weighted by atomic mass is 10.0. The van der Waals surface area contributed by atoms with E-state index in [-0.39, 0.29) is 24.2 Å². The van der Waals surface area contributed by atoms with E-state index in [9.17, 15) is 4.79 Å². The van der Waals surface area contributed by atoms with Crippen LogP contribution in [0.25, 0.3) is 0 Å². The summed E-state index contributed by atoms with van der Waals surface area (Å²) in [6.07, 6.45) is 2.88. The van der Waals surface area contributed by atoms with Crippen LogP contribution in [0.1, 0.15) is 43.5 Å². The number of aryl methyl sites for hydroxylation is 2. The highest BCUT2D eigenvalue weighted by Crippen LogP contribution is 2.40. The Bertz CT molecular complexity index is 543. The fourth-order valence-electron chi connectivity index (χ4n) is 3.50. The lowest BCUT2D eigenvalue weighted by molar-refractivity contribution is -0.145. The first kappa shape index (κ1) is 13.9. The van der Waals surface area contributed by atoms with Crippen molar-refractivity contribution in [2.75, 3.05) is 6.54 Å². The van der Waals surface area contributed by atoms with Crippen LogP contribution in [0.15, 0.2) is 0 Å². The summed E-state index contributed by atoms with van der Waals surface area (Å²) in [4.78, 5) is 14.3. The second-order valence-corrected chi connectivity index (χ2v) is 6.17. The van der Waals surface area contributed by atoms with Gasteiger partial charge in [0.2, 0.25) is 0 Å². The van der Waals surface area contributed by atoms with Crippen LogP contribution in [0.3, 0.4) is 0 Å². The summed E-state index contributed by atoms with van der Waals surface area (Å²) in [5.74, 6) is -0.0953. The summed E-state index contributed by atoms with van der Waals surface area (Å²) >= 11 is 6.39. The van der Waals surface area contributed by atoms with Crippen LogP contribution in [0.4, 0.5) is 0 Å². The van der Waals surface area contributed by atoms with Crippen molar-refractivity contribution in [1.82, 2.24) is 14.7 Å². The Balaban J connectivity index is 1.91. The van der Waals surface area contributed by atoms with E-state index in [1.165, 1.54) is 0 Å². The average molecular weight is 298 g/mol. The molecule has 3 unspecified atom stereocenters. The Morgan fingerprint density at radius 3 is 2.70 bits per heavy atom. The molecule has 1 aromatic heterocycles. The number of esters is 1. The standard InChI is InChI=1S/C14H20ClN3O2/c1-8-7-11(14(19)20-8)18-6-4-5-10(18)12-9(2)16-17(3)13(12)15/h8,10-11H,4-7H2,1-3H3. The van der Waals surface area contributed by atoms with Crippen molar-refractivity contribution in [2.24, 2.45) is 7.05 Å². The van der Waals surface area contributed by atoms with Crippen LogP contribution >= 0.6 is 11.6 Å². The van der Waals surface area contributed by atoms with E-state index in [2.05, 4.69) is 10.00 Å². The molecule has 3 heterocycles. The minimum absolute atomic E-state index is 0.0132. The Labute approximate surface area is 123 Å². The minimum atomic E-state index is -0.131. The highest BCUT2D eigenvalue weighted by atomic mass is 35.5. The topological polar surface area (TPSA) is 47.4 Å². The molecule has 6 heteroatoms. The zero-order valence-electron chi connectivity index (χ0n) is 12.1. The number of nitrogens with zero attached hydrogens (tertiary/aromatic N) is 3. The molecule has 0 bridgehead atoms. The maximum absolute atomic E-state index is 12.0. The van der Waals surface area contributed by atoms with Crippen molar-refractivity contribution in [3.63, 3.8) is 0 Å². The summed E-state index contributed by atoms with van der Waals surface area (Å²) in [6, 6.07) is 0.0484. The van der Waals surface area contributed by atoms with E-state index in [1.807, 2.05) is 20.9 Å². The van der Waals surface area contributed by atoms with Crippen molar-refractivity contribution < 1.29 is 9.53 Å². The van der Waals surface area contributed by atoms with Crippen molar-refractivity contribution in [2.45, 2.75) is 51.3 Å². The predicted octanol–water partition coefficient (Wildman–Crippen LogP) is 2.22. The Kier molecular flexibility index (Phi) is 3.50. The van der Waals surface area contributed by atoms with Gasteiger partial charge in [0.1, 0.15) is 17.3 Å². The highest BCUT2D eigenvalue weighted by Gasteiger charge is 2.43. The van der Waals surface area contributed by atoms with E-state index in [1.54, 1.807) is 4.68 Å². The largest absolute Gasteiger partial charge is 0.461 e. The third-order valence-corrected chi connectivity index (χ3v) is 4.82. The van der Waals surface area contributed by atoms with Gasteiger partial charge >= 0.3 is 5.97 Å². The molecule has 0 spiro atoms. The molecule has 1 aromatic rings. The van der Waals surface area contributed by atoms with Crippen LogP contribution in [0.2, 0.25) is 5.15 Å². The van der Waals surface area contributed by atoms with Crippen molar-refractivity contribution in [1.29, 1.82) is 0 Å². The maximum Gasteiger partial charge on any atom is 0.323 e. The first-order chi connectivity index (χ1) is 9.49. The number of likely N-dealkylation sites (tertiary alicyclic amines) is 1. The summed E-state index contributed by atoms with van der Waals surface area (Å²) in [5, 5.41) is 5.07. The number of rotatable bonds is 2. The third kappa shape index (κ3) is 2.13. The molecule has 0 aliphatic carbocycles. The molecule has 2 saturated heterocycles. The Hall–Kier alpha value is -1.07. The van der Waals surface area contributed by atoms with E-state index in [0.717, 1.165) is 37.1 Å². The number of carbonyl (C=O) groups is 1. The molecule has 0 saturated carbocycles. The van der Waals surface area contributed by atoms with Gasteiger partial charge in [0, 0.05) is 25.1 Å². The molecule has 2 fully saturated rings. The molecule has 5 nitrogen and oxygen atoms in total. The van der Waals surface area contributed by atoms with Crippen LogP contribution in [-0.2, 0) is 16.6 Å². The van der Waals surface area contributed by atoms with Gasteiger partial charge in [-0.1, -0.05) is 11.6 Å². The monoisotopic (exact) mass is 297 g/mol. The normalized spacial score (nSPS) is 31.0. The molecule has 0 radical (unpaired) electrons. The average Bonchev–Trinajstić information content (AvgIpc) is 3.01. The SMILES string of the molecule is Cc1nn(C)c(Cl)c1C1CCCN1C1CC(C)OC1=O. The molecule has 0 amide bonds. The van der Waals surface area contributed by atoms with Crippen molar-refractivity contribution in [3.05, 3.63) is 16.4 Å². The molecule has 2 aliphatic heterocycles. The minimum Gasteiger partial charge on any atom is -0.461 e.